The number of rotatable bonds is 3. The number of hydrogen-bond donors (Lipinski definition) is 0. The van der Waals surface area contributed by atoms with Gasteiger partial charge in [0.1, 0.15) is 0 Å². The van der Waals surface area contributed by atoms with Crippen molar-refractivity contribution in [3.63, 3.8) is 0 Å². The molecular formula is C32H50N2O2. The van der Waals surface area contributed by atoms with Crippen LogP contribution in [-0.2, 0) is 9.53 Å². The van der Waals surface area contributed by atoms with E-state index in [0.29, 0.717) is 29.8 Å². The topological polar surface area (TPSA) is 32.8 Å². The molecule has 1 spiro atoms. The van der Waals surface area contributed by atoms with Crippen molar-refractivity contribution in [2.45, 2.75) is 103 Å². The van der Waals surface area contributed by atoms with E-state index in [1.807, 2.05) is 6.08 Å². The summed E-state index contributed by atoms with van der Waals surface area (Å²) in [6.45, 7) is 13.4. The molecule has 0 amide bonds. The molecule has 4 aliphatic carbocycles. The number of ether oxygens (including phenoxy) is 1. The summed E-state index contributed by atoms with van der Waals surface area (Å²) in [4.78, 5) is 17.3. The molecule has 2 heterocycles. The Morgan fingerprint density at radius 1 is 1.17 bits per heavy atom. The summed E-state index contributed by atoms with van der Waals surface area (Å²) in [5, 5.41) is 0. The van der Waals surface area contributed by atoms with Crippen LogP contribution in [0.1, 0.15) is 85.5 Å². The third kappa shape index (κ3) is 3.92. The van der Waals surface area contributed by atoms with Crippen LogP contribution in [0.4, 0.5) is 0 Å². The predicted molar refractivity (Wildman–Crippen MR) is 146 cm³/mol. The van der Waals surface area contributed by atoms with Gasteiger partial charge in [0.25, 0.3) is 0 Å². The largest absolute Gasteiger partial charge is 0.369 e. The second-order valence-corrected chi connectivity index (χ2v) is 14.3. The summed E-state index contributed by atoms with van der Waals surface area (Å²) >= 11 is 0. The van der Waals surface area contributed by atoms with E-state index in [4.69, 9.17) is 4.74 Å². The highest BCUT2D eigenvalue weighted by Crippen LogP contribution is 2.64. The molecule has 2 aliphatic heterocycles. The number of nitrogens with zero attached hydrogens (tertiary/aromatic N) is 2. The van der Waals surface area contributed by atoms with Crippen LogP contribution in [0.15, 0.2) is 22.8 Å². The number of likely N-dealkylation sites (tertiary alicyclic amines) is 1. The zero-order valence-corrected chi connectivity index (χ0v) is 23.8. The maximum Gasteiger partial charge on any atom is 0.155 e. The van der Waals surface area contributed by atoms with Gasteiger partial charge < -0.3 is 9.64 Å². The number of ketones is 1. The van der Waals surface area contributed by atoms with Gasteiger partial charge in [-0.05, 0) is 108 Å². The molecule has 1 unspecified atom stereocenters. The highest BCUT2D eigenvalue weighted by molar-refractivity contribution is 5.91. The first-order chi connectivity index (χ1) is 17.1. The van der Waals surface area contributed by atoms with Gasteiger partial charge in [-0.1, -0.05) is 37.5 Å². The highest BCUT2D eigenvalue weighted by atomic mass is 16.5. The molecule has 9 atom stereocenters. The minimum absolute atomic E-state index is 0.0214. The van der Waals surface area contributed by atoms with Gasteiger partial charge in [-0.2, -0.15) is 0 Å². The lowest BCUT2D eigenvalue weighted by molar-refractivity contribution is -0.116. The molecule has 6 aliphatic rings. The molecule has 0 aromatic carbocycles. The molecule has 0 bridgehead atoms. The number of carbonyl (C=O) groups excluding carboxylic acids is 1. The Balaban J connectivity index is 1.26. The third-order valence-electron chi connectivity index (χ3n) is 12.0. The van der Waals surface area contributed by atoms with Crippen molar-refractivity contribution in [3.05, 3.63) is 22.8 Å². The Bertz CT molecular complexity index is 967. The summed E-state index contributed by atoms with van der Waals surface area (Å²) in [6.07, 6.45) is 12.9. The second-order valence-electron chi connectivity index (χ2n) is 14.3. The van der Waals surface area contributed by atoms with E-state index in [-0.39, 0.29) is 11.0 Å². The Hall–Kier alpha value is -0.970. The van der Waals surface area contributed by atoms with Crippen LogP contribution >= 0.6 is 0 Å². The smallest absolute Gasteiger partial charge is 0.155 e. The van der Waals surface area contributed by atoms with Crippen LogP contribution in [0, 0.1) is 35.0 Å². The van der Waals surface area contributed by atoms with Gasteiger partial charge in [0, 0.05) is 38.0 Å². The molecule has 4 nitrogen and oxygen atoms in total. The fourth-order valence-corrected chi connectivity index (χ4v) is 10.1. The number of allylic oxidation sites excluding steroid dienone is 3. The summed E-state index contributed by atoms with van der Waals surface area (Å²) in [7, 11) is 4.40. The molecule has 6 rings (SSSR count). The highest BCUT2D eigenvalue weighted by Gasteiger charge is 2.59. The van der Waals surface area contributed by atoms with Crippen molar-refractivity contribution in [2.75, 3.05) is 33.7 Å². The predicted octanol–water partition coefficient (Wildman–Crippen LogP) is 5.87. The zero-order chi connectivity index (χ0) is 25.4. The molecule has 0 radical (unpaired) electrons. The molecular weight excluding hydrogens is 444 g/mol. The number of piperidine rings is 1. The standard InChI is InChI=1S/C32H50N2O2/c1-20-15-29-30(34(19-20)14-13-33(5)6)22(3)32(36-29)12-10-25-26-8-7-23-16-24(35)9-11-31(23,4)28(26)17-27(25)21(2)18-32/h16,20,22,25-26,28-30H,7-15,17-19H2,1-6H3/t20-,22+,25-,26-,28-,29+,30-,31-,32?/m0/s1. The Labute approximate surface area is 219 Å². The molecule has 2 saturated carbocycles. The fourth-order valence-electron chi connectivity index (χ4n) is 10.1. The molecule has 4 fully saturated rings. The van der Waals surface area contributed by atoms with E-state index in [1.54, 1.807) is 11.1 Å². The minimum Gasteiger partial charge on any atom is -0.369 e. The van der Waals surface area contributed by atoms with Crippen molar-refractivity contribution < 1.29 is 9.53 Å². The molecule has 200 valence electrons. The average molecular weight is 495 g/mol. The first kappa shape index (κ1) is 25.3. The second kappa shape index (κ2) is 9.06. The molecule has 4 heteroatoms. The Morgan fingerprint density at radius 2 is 1.97 bits per heavy atom. The van der Waals surface area contributed by atoms with Crippen LogP contribution in [0.3, 0.4) is 0 Å². The summed E-state index contributed by atoms with van der Waals surface area (Å²) in [5.74, 6) is 3.96. The normalized spacial score (nSPS) is 46.9. The van der Waals surface area contributed by atoms with Crippen LogP contribution in [0.2, 0.25) is 0 Å². The van der Waals surface area contributed by atoms with E-state index in [0.717, 1.165) is 56.5 Å². The number of hydrogen-bond acceptors (Lipinski definition) is 4. The SMILES string of the molecule is CC1=C2C[C@H]3[C@@H](CCC4=CC(=O)CC[C@@]43C)[C@@H]2CCC2(C1)O[C@@H]1C[C@H](C)CN(CCN(C)C)[C@H]1[C@H]2C. The lowest BCUT2D eigenvalue weighted by Gasteiger charge is -2.48. The first-order valence-electron chi connectivity index (χ1n) is 15.1. The molecule has 36 heavy (non-hydrogen) atoms. The Kier molecular flexibility index (Phi) is 6.37. The summed E-state index contributed by atoms with van der Waals surface area (Å²) in [5.41, 5.74) is 5.21. The van der Waals surface area contributed by atoms with E-state index in [9.17, 15) is 4.79 Å². The van der Waals surface area contributed by atoms with Crippen molar-refractivity contribution in [1.82, 2.24) is 9.80 Å². The molecule has 0 aromatic heterocycles. The van der Waals surface area contributed by atoms with E-state index < -0.39 is 0 Å². The molecule has 0 aromatic rings. The van der Waals surface area contributed by atoms with Crippen molar-refractivity contribution in [2.24, 2.45) is 35.0 Å². The zero-order valence-electron chi connectivity index (χ0n) is 23.8. The van der Waals surface area contributed by atoms with Crippen molar-refractivity contribution in [1.29, 1.82) is 0 Å². The van der Waals surface area contributed by atoms with E-state index >= 15 is 0 Å². The van der Waals surface area contributed by atoms with Crippen molar-refractivity contribution in [3.8, 4) is 0 Å². The van der Waals surface area contributed by atoms with Crippen LogP contribution in [-0.4, -0.2) is 67.1 Å². The third-order valence-corrected chi connectivity index (χ3v) is 12.0. The quantitative estimate of drug-likeness (QED) is 0.459. The van der Waals surface area contributed by atoms with Gasteiger partial charge in [0.15, 0.2) is 5.78 Å². The fraction of sp³-hybridized carbons (Fsp3) is 0.844. The first-order valence-corrected chi connectivity index (χ1v) is 15.1. The summed E-state index contributed by atoms with van der Waals surface area (Å²) in [6, 6.07) is 0.575. The van der Waals surface area contributed by atoms with Gasteiger partial charge >= 0.3 is 0 Å². The maximum absolute atomic E-state index is 12.2. The van der Waals surface area contributed by atoms with Crippen LogP contribution < -0.4 is 0 Å². The maximum atomic E-state index is 12.2. The van der Waals surface area contributed by atoms with E-state index in [1.165, 1.54) is 44.2 Å². The summed E-state index contributed by atoms with van der Waals surface area (Å²) < 4.78 is 7.25. The Morgan fingerprint density at radius 3 is 2.75 bits per heavy atom. The van der Waals surface area contributed by atoms with E-state index in [2.05, 4.69) is 51.6 Å². The van der Waals surface area contributed by atoms with Gasteiger partial charge in [-0.3, -0.25) is 9.69 Å². The van der Waals surface area contributed by atoms with Gasteiger partial charge in [-0.25, -0.2) is 0 Å². The monoisotopic (exact) mass is 494 g/mol. The average Bonchev–Trinajstić information content (AvgIpc) is 3.28. The molecule has 2 saturated heterocycles. The van der Waals surface area contributed by atoms with Crippen molar-refractivity contribution >= 4 is 5.78 Å². The van der Waals surface area contributed by atoms with Gasteiger partial charge in [0.05, 0.1) is 11.7 Å². The lowest BCUT2D eigenvalue weighted by Crippen LogP contribution is -2.53. The lowest BCUT2D eigenvalue weighted by atomic mass is 9.56. The van der Waals surface area contributed by atoms with Gasteiger partial charge in [-0.15, -0.1) is 0 Å². The number of likely N-dealkylation sites (N-methyl/N-ethyl adjacent to an activating group) is 1. The number of fused-ring (bicyclic) bond motifs is 6. The molecule has 0 N–H and O–H groups in total. The van der Waals surface area contributed by atoms with Crippen LogP contribution in [0.25, 0.3) is 0 Å². The van der Waals surface area contributed by atoms with Gasteiger partial charge in [0.2, 0.25) is 0 Å². The number of carbonyl (C=O) groups is 1. The van der Waals surface area contributed by atoms with Crippen LogP contribution in [0.5, 0.6) is 0 Å². The minimum atomic E-state index is 0.0214.